The minimum absolute atomic E-state index is 0.531. The van der Waals surface area contributed by atoms with Crippen molar-refractivity contribution in [2.75, 3.05) is 45.5 Å². The fourth-order valence-corrected chi connectivity index (χ4v) is 2.60. The number of rotatable bonds is 5. The number of likely N-dealkylation sites (N-methyl/N-ethyl adjacent to an activating group) is 1. The molecule has 1 aliphatic heterocycles. The van der Waals surface area contributed by atoms with Crippen LogP contribution in [0.1, 0.15) is 0 Å². The highest BCUT2D eigenvalue weighted by Gasteiger charge is 2.24. The Labute approximate surface area is 113 Å². The second kappa shape index (κ2) is 5.71. The number of anilines is 1. The van der Waals surface area contributed by atoms with Crippen molar-refractivity contribution in [3.8, 4) is 11.5 Å². The van der Waals surface area contributed by atoms with E-state index in [1.54, 1.807) is 26.0 Å². The minimum Gasteiger partial charge on any atom is -0.496 e. The van der Waals surface area contributed by atoms with Gasteiger partial charge in [-0.05, 0) is 12.3 Å². The number of nitrogens with zero attached hydrogens (tertiary/aromatic N) is 1. The van der Waals surface area contributed by atoms with Gasteiger partial charge in [0.15, 0.2) is 0 Å². The van der Waals surface area contributed by atoms with Crippen LogP contribution < -0.4 is 19.7 Å². The van der Waals surface area contributed by atoms with Gasteiger partial charge in [0.25, 0.3) is 0 Å². The van der Waals surface area contributed by atoms with Crippen molar-refractivity contribution in [3.63, 3.8) is 0 Å². The SMILES string of the molecule is COc1cc(N(C)C2CNC2)c(OC)cc1SC. The molecule has 0 spiro atoms. The van der Waals surface area contributed by atoms with Crippen LogP contribution in [0, 0.1) is 0 Å². The van der Waals surface area contributed by atoms with Gasteiger partial charge >= 0.3 is 0 Å². The molecule has 1 heterocycles. The molecule has 1 saturated heterocycles. The van der Waals surface area contributed by atoms with E-state index in [0.717, 1.165) is 35.2 Å². The number of methoxy groups -OCH3 is 2. The lowest BCUT2D eigenvalue weighted by Crippen LogP contribution is -2.56. The monoisotopic (exact) mass is 268 g/mol. The average Bonchev–Trinajstić information content (AvgIpc) is 2.34. The van der Waals surface area contributed by atoms with E-state index in [2.05, 4.69) is 23.3 Å². The molecule has 0 radical (unpaired) electrons. The molecule has 4 nitrogen and oxygen atoms in total. The summed E-state index contributed by atoms with van der Waals surface area (Å²) in [5.74, 6) is 1.80. The Morgan fingerprint density at radius 2 is 1.89 bits per heavy atom. The van der Waals surface area contributed by atoms with E-state index >= 15 is 0 Å². The average molecular weight is 268 g/mol. The molecule has 0 bridgehead atoms. The number of nitrogens with one attached hydrogen (secondary N) is 1. The van der Waals surface area contributed by atoms with Gasteiger partial charge < -0.3 is 19.7 Å². The maximum Gasteiger partial charge on any atom is 0.143 e. The number of hydrogen-bond acceptors (Lipinski definition) is 5. The van der Waals surface area contributed by atoms with E-state index < -0.39 is 0 Å². The van der Waals surface area contributed by atoms with Crippen LogP contribution in [0.15, 0.2) is 17.0 Å². The smallest absolute Gasteiger partial charge is 0.143 e. The molecule has 1 aliphatic rings. The summed E-state index contributed by atoms with van der Waals surface area (Å²) < 4.78 is 10.9. The third-order valence-corrected chi connectivity index (χ3v) is 4.13. The van der Waals surface area contributed by atoms with Gasteiger partial charge in [-0.3, -0.25) is 0 Å². The lowest BCUT2D eigenvalue weighted by Gasteiger charge is -2.37. The molecule has 0 aromatic heterocycles. The Balaban J connectivity index is 2.37. The Morgan fingerprint density at radius 3 is 2.33 bits per heavy atom. The van der Waals surface area contributed by atoms with E-state index in [0.29, 0.717) is 6.04 Å². The van der Waals surface area contributed by atoms with Gasteiger partial charge in [-0.1, -0.05) is 0 Å². The molecule has 0 unspecified atom stereocenters. The molecular formula is C13H20N2O2S. The Hall–Kier alpha value is -1.07. The summed E-state index contributed by atoms with van der Waals surface area (Å²) in [4.78, 5) is 3.35. The van der Waals surface area contributed by atoms with Crippen molar-refractivity contribution in [1.82, 2.24) is 5.32 Å². The fourth-order valence-electron chi connectivity index (χ4n) is 2.03. The van der Waals surface area contributed by atoms with Crippen LogP contribution >= 0.6 is 11.8 Å². The number of thioether (sulfide) groups is 1. The van der Waals surface area contributed by atoms with E-state index in [4.69, 9.17) is 9.47 Å². The molecule has 18 heavy (non-hydrogen) atoms. The Bertz CT molecular complexity index is 422. The first-order chi connectivity index (χ1) is 8.71. The largest absolute Gasteiger partial charge is 0.496 e. The zero-order valence-corrected chi connectivity index (χ0v) is 12.1. The van der Waals surface area contributed by atoms with Crippen LogP contribution in [-0.2, 0) is 0 Å². The topological polar surface area (TPSA) is 33.7 Å². The van der Waals surface area contributed by atoms with Crippen LogP contribution in [0.5, 0.6) is 11.5 Å². The van der Waals surface area contributed by atoms with Gasteiger partial charge in [-0.15, -0.1) is 11.8 Å². The van der Waals surface area contributed by atoms with Gasteiger partial charge in [-0.2, -0.15) is 0 Å². The van der Waals surface area contributed by atoms with Gasteiger partial charge in [0.1, 0.15) is 11.5 Å². The van der Waals surface area contributed by atoms with E-state index in [-0.39, 0.29) is 0 Å². The molecule has 0 amide bonds. The van der Waals surface area contributed by atoms with Gasteiger partial charge in [0.05, 0.1) is 30.8 Å². The highest BCUT2D eigenvalue weighted by Crippen LogP contribution is 2.39. The van der Waals surface area contributed by atoms with Crippen LogP contribution in [0.25, 0.3) is 0 Å². The van der Waals surface area contributed by atoms with Crippen molar-refractivity contribution >= 4 is 17.4 Å². The van der Waals surface area contributed by atoms with E-state index in [9.17, 15) is 0 Å². The second-order valence-electron chi connectivity index (χ2n) is 4.30. The fraction of sp³-hybridized carbons (Fsp3) is 0.538. The molecule has 1 aromatic carbocycles. The summed E-state index contributed by atoms with van der Waals surface area (Å²) in [6, 6.07) is 4.63. The third kappa shape index (κ3) is 2.37. The van der Waals surface area contributed by atoms with Crippen LogP contribution in [0.2, 0.25) is 0 Å². The second-order valence-corrected chi connectivity index (χ2v) is 5.15. The zero-order valence-electron chi connectivity index (χ0n) is 11.3. The predicted molar refractivity (Wildman–Crippen MR) is 76.4 cm³/mol. The molecule has 1 N–H and O–H groups in total. The standard InChI is InChI=1S/C13H20N2O2S/c1-15(9-7-14-8-9)10-5-12(17-3)13(18-4)6-11(10)16-2/h5-6,9,14H,7-8H2,1-4H3. The summed E-state index contributed by atoms with van der Waals surface area (Å²) in [7, 11) is 5.51. The molecule has 0 aliphatic carbocycles. The first-order valence-electron chi connectivity index (χ1n) is 5.94. The minimum atomic E-state index is 0.531. The van der Waals surface area contributed by atoms with E-state index in [1.165, 1.54) is 0 Å². The quantitative estimate of drug-likeness (QED) is 0.824. The Kier molecular flexibility index (Phi) is 4.24. The highest BCUT2D eigenvalue weighted by atomic mass is 32.2. The van der Waals surface area contributed by atoms with Gasteiger partial charge in [0, 0.05) is 26.2 Å². The van der Waals surface area contributed by atoms with Gasteiger partial charge in [-0.25, -0.2) is 0 Å². The molecule has 5 heteroatoms. The lowest BCUT2D eigenvalue weighted by atomic mass is 10.1. The van der Waals surface area contributed by atoms with Gasteiger partial charge in [0.2, 0.25) is 0 Å². The van der Waals surface area contributed by atoms with Crippen LogP contribution in [-0.4, -0.2) is 46.7 Å². The summed E-state index contributed by atoms with van der Waals surface area (Å²) in [6.07, 6.45) is 2.04. The summed E-state index contributed by atoms with van der Waals surface area (Å²) in [5, 5.41) is 3.28. The first-order valence-corrected chi connectivity index (χ1v) is 7.17. The molecule has 1 aromatic rings. The van der Waals surface area contributed by atoms with Crippen molar-refractivity contribution in [3.05, 3.63) is 12.1 Å². The number of benzene rings is 1. The predicted octanol–water partition coefficient (Wildman–Crippen LogP) is 1.83. The maximum atomic E-state index is 5.50. The zero-order chi connectivity index (χ0) is 13.1. The molecule has 1 fully saturated rings. The van der Waals surface area contributed by atoms with Crippen molar-refractivity contribution in [2.45, 2.75) is 10.9 Å². The van der Waals surface area contributed by atoms with Crippen molar-refractivity contribution < 1.29 is 9.47 Å². The molecule has 100 valence electrons. The summed E-state index contributed by atoms with van der Waals surface area (Å²) >= 11 is 1.66. The van der Waals surface area contributed by atoms with Crippen LogP contribution in [0.3, 0.4) is 0 Å². The van der Waals surface area contributed by atoms with Crippen LogP contribution in [0.4, 0.5) is 5.69 Å². The summed E-state index contributed by atoms with van der Waals surface area (Å²) in [6.45, 7) is 2.04. The highest BCUT2D eigenvalue weighted by molar-refractivity contribution is 7.98. The molecular weight excluding hydrogens is 248 g/mol. The molecule has 0 atom stereocenters. The van der Waals surface area contributed by atoms with Crippen molar-refractivity contribution in [1.29, 1.82) is 0 Å². The molecule has 0 saturated carbocycles. The van der Waals surface area contributed by atoms with E-state index in [1.807, 2.05) is 12.3 Å². The third-order valence-electron chi connectivity index (χ3n) is 3.37. The van der Waals surface area contributed by atoms with Crippen molar-refractivity contribution in [2.24, 2.45) is 0 Å². The summed E-state index contributed by atoms with van der Waals surface area (Å²) in [5.41, 5.74) is 1.08. The number of ether oxygens (including phenoxy) is 2. The Morgan fingerprint density at radius 1 is 1.22 bits per heavy atom. The lowest BCUT2D eigenvalue weighted by molar-refractivity contribution is 0.387. The maximum absolute atomic E-state index is 5.50. The normalized spacial score (nSPS) is 15.1. The number of hydrogen-bond donors (Lipinski definition) is 1. The first kappa shape index (κ1) is 13.4. The molecule has 2 rings (SSSR count).